The minimum Gasteiger partial charge on any atom is -0.466 e. The van der Waals surface area contributed by atoms with E-state index < -0.39 is 12.0 Å². The molecule has 24 heavy (non-hydrogen) atoms. The molecule has 2 fully saturated rings. The highest BCUT2D eigenvalue weighted by molar-refractivity contribution is 5.94. The van der Waals surface area contributed by atoms with Gasteiger partial charge in [-0.1, -0.05) is 5.16 Å². The maximum absolute atomic E-state index is 12.2. The number of carbonyl (C=O) groups is 3. The number of carbonyl (C=O) groups excluding carboxylic acids is 3. The van der Waals surface area contributed by atoms with Crippen molar-refractivity contribution in [3.05, 3.63) is 23.9 Å². The number of rotatable bonds is 5. The number of esters is 1. The van der Waals surface area contributed by atoms with Gasteiger partial charge in [-0.3, -0.25) is 9.59 Å². The molecule has 3 rings (SSSR count). The summed E-state index contributed by atoms with van der Waals surface area (Å²) in [6.45, 7) is 0.515. The number of methoxy groups -OCH3 is 1. The molecule has 9 heteroatoms. The van der Waals surface area contributed by atoms with Gasteiger partial charge in [-0.05, 0) is 25.7 Å². The van der Waals surface area contributed by atoms with Gasteiger partial charge in [0.15, 0.2) is 0 Å². The molecule has 1 N–H and O–H groups in total. The largest absolute Gasteiger partial charge is 0.466 e. The van der Waals surface area contributed by atoms with Gasteiger partial charge < -0.3 is 19.5 Å². The van der Waals surface area contributed by atoms with Crippen molar-refractivity contribution in [3.63, 3.8) is 0 Å². The summed E-state index contributed by atoms with van der Waals surface area (Å²) in [7, 11) is 1.24. The van der Waals surface area contributed by atoms with Crippen molar-refractivity contribution in [2.75, 3.05) is 13.7 Å². The average Bonchev–Trinajstić information content (AvgIpc) is 3.07. The smallest absolute Gasteiger partial charge is 0.330 e. The highest BCUT2D eigenvalue weighted by Gasteiger charge is 2.34. The zero-order valence-corrected chi connectivity index (χ0v) is 13.2. The molecule has 1 unspecified atom stereocenters. The van der Waals surface area contributed by atoms with Gasteiger partial charge in [0.25, 0.3) is 11.7 Å². The quantitative estimate of drug-likeness (QED) is 0.610. The number of aromatic nitrogens is 2. The molecular formula is C15H18N4O5. The van der Waals surface area contributed by atoms with Gasteiger partial charge in [-0.2, -0.15) is 4.98 Å². The van der Waals surface area contributed by atoms with Gasteiger partial charge in [0.2, 0.25) is 11.8 Å². The summed E-state index contributed by atoms with van der Waals surface area (Å²) >= 11 is 0. The summed E-state index contributed by atoms with van der Waals surface area (Å²) in [5.74, 6) is -1.11. The fourth-order valence-corrected chi connectivity index (χ4v) is 2.53. The van der Waals surface area contributed by atoms with Gasteiger partial charge in [0, 0.05) is 24.7 Å². The molecule has 1 saturated carbocycles. The molecule has 0 radical (unpaired) electrons. The molecule has 1 aliphatic heterocycles. The molecule has 2 aliphatic rings. The van der Waals surface area contributed by atoms with Crippen LogP contribution in [0, 0.1) is 0 Å². The van der Waals surface area contributed by atoms with Crippen LogP contribution in [-0.4, -0.2) is 52.5 Å². The highest BCUT2D eigenvalue weighted by atomic mass is 16.5. The van der Waals surface area contributed by atoms with Crippen LogP contribution in [-0.2, 0) is 14.3 Å². The maximum Gasteiger partial charge on any atom is 0.330 e. The molecule has 1 saturated heterocycles. The molecule has 1 atom stereocenters. The van der Waals surface area contributed by atoms with Gasteiger partial charge in [0.1, 0.15) is 6.04 Å². The fraction of sp³-hybridized carbons (Fsp3) is 0.533. The van der Waals surface area contributed by atoms with E-state index in [0.717, 1.165) is 31.4 Å². The van der Waals surface area contributed by atoms with E-state index in [0.29, 0.717) is 13.0 Å². The zero-order valence-electron chi connectivity index (χ0n) is 13.2. The Hall–Kier alpha value is -2.71. The minimum absolute atomic E-state index is 0.0266. The molecular weight excluding hydrogens is 316 g/mol. The predicted octanol–water partition coefficient (Wildman–Crippen LogP) is 0.354. The highest BCUT2D eigenvalue weighted by Crippen LogP contribution is 2.31. The first kappa shape index (κ1) is 16.2. The van der Waals surface area contributed by atoms with Crippen molar-refractivity contribution in [3.8, 4) is 0 Å². The van der Waals surface area contributed by atoms with Crippen LogP contribution in [0.15, 0.2) is 16.7 Å². The molecule has 2 heterocycles. The zero-order chi connectivity index (χ0) is 17.1. The molecule has 9 nitrogen and oxygen atoms in total. The Labute approximate surface area is 138 Å². The summed E-state index contributed by atoms with van der Waals surface area (Å²) in [6.07, 6.45) is 5.58. The summed E-state index contributed by atoms with van der Waals surface area (Å²) in [6, 6.07) is -0.192. The molecule has 0 aromatic carbocycles. The minimum atomic E-state index is -0.601. The Morgan fingerprint density at radius 3 is 2.79 bits per heavy atom. The number of amides is 2. The summed E-state index contributed by atoms with van der Waals surface area (Å²) in [5.41, 5.74) is 0. The number of nitrogens with one attached hydrogen (secondary N) is 1. The topological polar surface area (TPSA) is 115 Å². The molecule has 128 valence electrons. The Morgan fingerprint density at radius 2 is 2.08 bits per heavy atom. The first-order chi connectivity index (χ1) is 11.6. The third-order valence-electron chi connectivity index (χ3n) is 3.94. The SMILES string of the molecule is COC(=O)/C=C/C(=O)N1CCCC1c1nc(C(=O)NC2CC2)no1. The van der Waals surface area contributed by atoms with Crippen molar-refractivity contribution >= 4 is 17.8 Å². The third kappa shape index (κ3) is 3.61. The second kappa shape index (κ2) is 6.81. The maximum atomic E-state index is 12.2. The fourth-order valence-electron chi connectivity index (χ4n) is 2.53. The summed E-state index contributed by atoms with van der Waals surface area (Å²) in [4.78, 5) is 40.9. The van der Waals surface area contributed by atoms with Crippen molar-refractivity contribution in [2.45, 2.75) is 37.8 Å². The Kier molecular flexibility index (Phi) is 4.59. The molecule has 1 aromatic heterocycles. The molecule has 0 spiro atoms. The van der Waals surface area contributed by atoms with Crippen LogP contribution >= 0.6 is 0 Å². The van der Waals surface area contributed by atoms with Crippen molar-refractivity contribution in [1.82, 2.24) is 20.4 Å². The van der Waals surface area contributed by atoms with Crippen LogP contribution in [0.5, 0.6) is 0 Å². The average molecular weight is 334 g/mol. The van der Waals surface area contributed by atoms with E-state index in [2.05, 4.69) is 20.2 Å². The van der Waals surface area contributed by atoms with Crippen molar-refractivity contribution < 1.29 is 23.6 Å². The van der Waals surface area contributed by atoms with E-state index in [4.69, 9.17) is 4.52 Å². The number of nitrogens with zero attached hydrogens (tertiary/aromatic N) is 3. The number of hydrogen-bond acceptors (Lipinski definition) is 7. The Bertz CT molecular complexity index is 679. The van der Waals surface area contributed by atoms with E-state index in [1.54, 1.807) is 0 Å². The normalized spacial score (nSPS) is 20.4. The Balaban J connectivity index is 1.67. The van der Waals surface area contributed by atoms with E-state index in [-0.39, 0.29) is 29.6 Å². The van der Waals surface area contributed by atoms with E-state index in [1.165, 1.54) is 12.0 Å². The molecule has 1 aromatic rings. The van der Waals surface area contributed by atoms with Crippen LogP contribution in [0.3, 0.4) is 0 Å². The number of ether oxygens (including phenoxy) is 1. The lowest BCUT2D eigenvalue weighted by Crippen LogP contribution is -2.29. The monoisotopic (exact) mass is 334 g/mol. The van der Waals surface area contributed by atoms with E-state index in [9.17, 15) is 14.4 Å². The van der Waals surface area contributed by atoms with E-state index >= 15 is 0 Å². The lowest BCUT2D eigenvalue weighted by molar-refractivity contribution is -0.135. The van der Waals surface area contributed by atoms with Crippen LogP contribution in [0.4, 0.5) is 0 Å². The van der Waals surface area contributed by atoms with Gasteiger partial charge in [0.05, 0.1) is 7.11 Å². The lowest BCUT2D eigenvalue weighted by Gasteiger charge is -2.19. The second-order valence-electron chi connectivity index (χ2n) is 5.75. The van der Waals surface area contributed by atoms with E-state index in [1.807, 2.05) is 0 Å². The summed E-state index contributed by atoms with van der Waals surface area (Å²) < 4.78 is 9.63. The Morgan fingerprint density at radius 1 is 1.29 bits per heavy atom. The third-order valence-corrected chi connectivity index (χ3v) is 3.94. The van der Waals surface area contributed by atoms with Crippen molar-refractivity contribution in [1.29, 1.82) is 0 Å². The molecule has 0 bridgehead atoms. The van der Waals surface area contributed by atoms with Crippen LogP contribution < -0.4 is 5.32 Å². The predicted molar refractivity (Wildman–Crippen MR) is 79.6 cm³/mol. The molecule has 1 aliphatic carbocycles. The van der Waals surface area contributed by atoms with Gasteiger partial charge >= 0.3 is 5.97 Å². The first-order valence-electron chi connectivity index (χ1n) is 7.79. The molecule has 2 amide bonds. The first-order valence-corrected chi connectivity index (χ1v) is 7.79. The van der Waals surface area contributed by atoms with Crippen LogP contribution in [0.1, 0.15) is 48.2 Å². The standard InChI is InChI=1S/C15H18N4O5/c1-23-12(21)7-6-11(20)19-8-2-3-10(19)15-17-13(18-24-15)14(22)16-9-4-5-9/h6-7,9-10H,2-5,8H2,1H3,(H,16,22)/b7-6+. The summed E-state index contributed by atoms with van der Waals surface area (Å²) in [5, 5.41) is 6.47. The van der Waals surface area contributed by atoms with Gasteiger partial charge in [-0.15, -0.1) is 0 Å². The van der Waals surface area contributed by atoms with Crippen LogP contribution in [0.2, 0.25) is 0 Å². The number of hydrogen-bond donors (Lipinski definition) is 1. The second-order valence-corrected chi connectivity index (χ2v) is 5.75. The number of likely N-dealkylation sites (tertiary alicyclic amines) is 1. The lowest BCUT2D eigenvalue weighted by atomic mass is 10.2. The van der Waals surface area contributed by atoms with Gasteiger partial charge in [-0.25, -0.2) is 4.79 Å². The van der Waals surface area contributed by atoms with Crippen molar-refractivity contribution in [2.24, 2.45) is 0 Å². The van der Waals surface area contributed by atoms with Crippen LogP contribution in [0.25, 0.3) is 0 Å².